The van der Waals surface area contributed by atoms with Crippen LogP contribution in [0.4, 0.5) is 0 Å². The van der Waals surface area contributed by atoms with Gasteiger partial charge in [0.15, 0.2) is 11.5 Å². The molecule has 4 heteroatoms. The smallest absolute Gasteiger partial charge is 0.165 e. The van der Waals surface area contributed by atoms with E-state index in [2.05, 4.69) is 31.3 Å². The third kappa shape index (κ3) is 2.81. The molecule has 0 aliphatic carbocycles. The zero-order valence-electron chi connectivity index (χ0n) is 11.9. The van der Waals surface area contributed by atoms with Gasteiger partial charge in [0, 0.05) is 28.4 Å². The number of rotatable bonds is 4. The standard InChI is InChI=1S/C16H19NO2S/c1-11-8-14(20-12(11)2)10-17-9-13-4-3-5-15-16(13)19-7-6-18-15/h3-5,8,17H,6-7,9-10H2,1-2H3. The highest BCUT2D eigenvalue weighted by Crippen LogP contribution is 2.33. The first-order valence-electron chi connectivity index (χ1n) is 6.88. The van der Waals surface area contributed by atoms with Crippen molar-refractivity contribution in [3.05, 3.63) is 45.1 Å². The van der Waals surface area contributed by atoms with Crippen molar-refractivity contribution in [1.82, 2.24) is 5.32 Å². The molecule has 20 heavy (non-hydrogen) atoms. The number of benzene rings is 1. The van der Waals surface area contributed by atoms with Crippen molar-refractivity contribution in [3.63, 3.8) is 0 Å². The van der Waals surface area contributed by atoms with Gasteiger partial charge in [-0.1, -0.05) is 12.1 Å². The van der Waals surface area contributed by atoms with Gasteiger partial charge in [-0.2, -0.15) is 0 Å². The fourth-order valence-corrected chi connectivity index (χ4v) is 3.35. The summed E-state index contributed by atoms with van der Waals surface area (Å²) in [6, 6.07) is 8.33. The van der Waals surface area contributed by atoms with E-state index in [1.807, 2.05) is 23.5 Å². The Labute approximate surface area is 123 Å². The van der Waals surface area contributed by atoms with Gasteiger partial charge < -0.3 is 14.8 Å². The second kappa shape index (κ2) is 5.85. The van der Waals surface area contributed by atoms with Crippen LogP contribution in [-0.4, -0.2) is 13.2 Å². The van der Waals surface area contributed by atoms with Crippen molar-refractivity contribution in [1.29, 1.82) is 0 Å². The number of nitrogens with one attached hydrogen (secondary N) is 1. The third-order valence-corrected chi connectivity index (χ3v) is 4.63. The van der Waals surface area contributed by atoms with E-state index in [0.29, 0.717) is 13.2 Å². The van der Waals surface area contributed by atoms with Crippen LogP contribution < -0.4 is 14.8 Å². The number of para-hydroxylation sites is 1. The normalized spacial score (nSPS) is 13.5. The summed E-state index contributed by atoms with van der Waals surface area (Å²) in [5.74, 6) is 1.75. The maximum absolute atomic E-state index is 5.72. The molecular weight excluding hydrogens is 270 g/mol. The van der Waals surface area contributed by atoms with Crippen LogP contribution in [0.2, 0.25) is 0 Å². The predicted molar refractivity (Wildman–Crippen MR) is 81.8 cm³/mol. The van der Waals surface area contributed by atoms with Crippen LogP contribution in [0.1, 0.15) is 20.9 Å². The summed E-state index contributed by atoms with van der Waals surface area (Å²) >= 11 is 1.86. The molecule has 2 heterocycles. The lowest BCUT2D eigenvalue weighted by Gasteiger charge is -2.21. The van der Waals surface area contributed by atoms with E-state index in [4.69, 9.17) is 9.47 Å². The number of ether oxygens (including phenoxy) is 2. The van der Waals surface area contributed by atoms with Crippen molar-refractivity contribution >= 4 is 11.3 Å². The molecule has 0 spiro atoms. The molecule has 1 N–H and O–H groups in total. The third-order valence-electron chi connectivity index (χ3n) is 3.48. The zero-order chi connectivity index (χ0) is 13.9. The van der Waals surface area contributed by atoms with E-state index in [9.17, 15) is 0 Å². The average Bonchev–Trinajstić information content (AvgIpc) is 2.78. The van der Waals surface area contributed by atoms with Gasteiger partial charge in [-0.3, -0.25) is 0 Å². The summed E-state index contributed by atoms with van der Waals surface area (Å²) in [6.45, 7) is 7.29. The molecule has 0 radical (unpaired) electrons. The van der Waals surface area contributed by atoms with Gasteiger partial charge in [-0.15, -0.1) is 11.3 Å². The molecule has 0 bridgehead atoms. The second-order valence-electron chi connectivity index (χ2n) is 5.00. The summed E-state index contributed by atoms with van der Waals surface area (Å²) in [4.78, 5) is 2.78. The number of hydrogen-bond donors (Lipinski definition) is 1. The average molecular weight is 289 g/mol. The maximum atomic E-state index is 5.72. The minimum atomic E-state index is 0.632. The van der Waals surface area contributed by atoms with Crippen molar-refractivity contribution in [2.75, 3.05) is 13.2 Å². The lowest BCUT2D eigenvalue weighted by atomic mass is 10.1. The Bertz CT molecular complexity index is 587. The summed E-state index contributed by atoms with van der Waals surface area (Å²) in [5.41, 5.74) is 2.54. The predicted octanol–water partition coefficient (Wildman–Crippen LogP) is 3.43. The number of aryl methyl sites for hydroxylation is 2. The van der Waals surface area contributed by atoms with Crippen LogP contribution in [-0.2, 0) is 13.1 Å². The Balaban J connectivity index is 1.64. The highest BCUT2D eigenvalue weighted by atomic mass is 32.1. The van der Waals surface area contributed by atoms with Crippen molar-refractivity contribution in [2.24, 2.45) is 0 Å². The molecule has 3 nitrogen and oxygen atoms in total. The quantitative estimate of drug-likeness (QED) is 0.935. The van der Waals surface area contributed by atoms with E-state index in [0.717, 1.165) is 30.2 Å². The fourth-order valence-electron chi connectivity index (χ4n) is 2.33. The fraction of sp³-hybridized carbons (Fsp3) is 0.375. The Morgan fingerprint density at radius 1 is 1.15 bits per heavy atom. The molecule has 0 unspecified atom stereocenters. The lowest BCUT2D eigenvalue weighted by molar-refractivity contribution is 0.169. The zero-order valence-corrected chi connectivity index (χ0v) is 12.7. The van der Waals surface area contributed by atoms with Gasteiger partial charge in [0.05, 0.1) is 0 Å². The second-order valence-corrected chi connectivity index (χ2v) is 6.34. The SMILES string of the molecule is Cc1cc(CNCc2cccc3c2OCCO3)sc1C. The summed E-state index contributed by atoms with van der Waals surface area (Å²) < 4.78 is 11.3. The number of hydrogen-bond acceptors (Lipinski definition) is 4. The first kappa shape index (κ1) is 13.5. The topological polar surface area (TPSA) is 30.5 Å². The van der Waals surface area contributed by atoms with Gasteiger partial charge in [0.1, 0.15) is 13.2 Å². The van der Waals surface area contributed by atoms with Crippen molar-refractivity contribution in [3.8, 4) is 11.5 Å². The van der Waals surface area contributed by atoms with E-state index in [1.165, 1.54) is 15.3 Å². The molecule has 1 aromatic heterocycles. The van der Waals surface area contributed by atoms with Gasteiger partial charge in [-0.25, -0.2) is 0 Å². The molecule has 0 saturated carbocycles. The van der Waals surface area contributed by atoms with E-state index < -0.39 is 0 Å². The molecular formula is C16H19NO2S. The monoisotopic (exact) mass is 289 g/mol. The highest BCUT2D eigenvalue weighted by molar-refractivity contribution is 7.12. The van der Waals surface area contributed by atoms with Crippen LogP contribution in [0.15, 0.2) is 24.3 Å². The highest BCUT2D eigenvalue weighted by Gasteiger charge is 2.15. The Morgan fingerprint density at radius 3 is 2.80 bits per heavy atom. The van der Waals surface area contributed by atoms with E-state index in [1.54, 1.807) is 0 Å². The van der Waals surface area contributed by atoms with Crippen LogP contribution in [0.5, 0.6) is 11.5 Å². The Kier molecular flexibility index (Phi) is 3.94. The van der Waals surface area contributed by atoms with Gasteiger partial charge in [0.25, 0.3) is 0 Å². The Morgan fingerprint density at radius 2 is 2.00 bits per heavy atom. The van der Waals surface area contributed by atoms with Crippen LogP contribution in [0.25, 0.3) is 0 Å². The molecule has 0 atom stereocenters. The first-order chi connectivity index (χ1) is 9.74. The Hall–Kier alpha value is -1.52. The lowest BCUT2D eigenvalue weighted by Crippen LogP contribution is -2.19. The molecule has 1 aliphatic rings. The van der Waals surface area contributed by atoms with Crippen LogP contribution in [0, 0.1) is 13.8 Å². The molecule has 0 amide bonds. The minimum Gasteiger partial charge on any atom is -0.486 e. The largest absolute Gasteiger partial charge is 0.486 e. The molecule has 1 aromatic carbocycles. The molecule has 3 rings (SSSR count). The molecule has 0 fully saturated rings. The summed E-state index contributed by atoms with van der Waals surface area (Å²) in [6.07, 6.45) is 0. The molecule has 2 aromatic rings. The van der Waals surface area contributed by atoms with Gasteiger partial charge in [0.2, 0.25) is 0 Å². The van der Waals surface area contributed by atoms with Crippen molar-refractivity contribution in [2.45, 2.75) is 26.9 Å². The number of thiophene rings is 1. The van der Waals surface area contributed by atoms with Crippen LogP contribution >= 0.6 is 11.3 Å². The maximum Gasteiger partial charge on any atom is 0.165 e. The first-order valence-corrected chi connectivity index (χ1v) is 7.70. The molecule has 1 aliphatic heterocycles. The minimum absolute atomic E-state index is 0.632. The molecule has 0 saturated heterocycles. The summed E-state index contributed by atoms with van der Waals surface area (Å²) in [5, 5.41) is 3.48. The number of fused-ring (bicyclic) bond motifs is 1. The van der Waals surface area contributed by atoms with Crippen LogP contribution in [0.3, 0.4) is 0 Å². The molecule has 106 valence electrons. The van der Waals surface area contributed by atoms with E-state index >= 15 is 0 Å². The van der Waals surface area contributed by atoms with Gasteiger partial charge in [-0.05, 0) is 31.5 Å². The summed E-state index contributed by atoms with van der Waals surface area (Å²) in [7, 11) is 0. The van der Waals surface area contributed by atoms with E-state index in [-0.39, 0.29) is 0 Å². The van der Waals surface area contributed by atoms with Gasteiger partial charge >= 0.3 is 0 Å². The van der Waals surface area contributed by atoms with Crippen molar-refractivity contribution < 1.29 is 9.47 Å².